The molecular weight excluding hydrogens is 1760 g/mol. The first-order valence-electron chi connectivity index (χ1n) is 47.8. The van der Waals surface area contributed by atoms with Gasteiger partial charge >= 0.3 is 0 Å². The third-order valence-electron chi connectivity index (χ3n) is 29.7. The van der Waals surface area contributed by atoms with Crippen molar-refractivity contribution in [3.05, 3.63) is 419 Å². The second-order valence-electron chi connectivity index (χ2n) is 37.4. The highest BCUT2D eigenvalue weighted by Crippen LogP contribution is 2.51. The molecule has 10 heterocycles. The van der Waals surface area contributed by atoms with Crippen molar-refractivity contribution in [3.63, 3.8) is 0 Å². The number of benzene rings is 22. The van der Waals surface area contributed by atoms with Crippen LogP contribution in [-0.2, 0) is 0 Å². The summed E-state index contributed by atoms with van der Waals surface area (Å²) in [6, 6.07) is 150. The number of furan rings is 4. The molecule has 0 saturated heterocycles. The Labute approximate surface area is 809 Å². The summed E-state index contributed by atoms with van der Waals surface area (Å²) in [6.07, 6.45) is 0. The molecule has 32 rings (SSSR count). The molecule has 0 aliphatic rings. The van der Waals surface area contributed by atoms with E-state index in [0.717, 1.165) is 257 Å². The van der Waals surface area contributed by atoms with Crippen LogP contribution in [0.15, 0.2) is 436 Å². The average Bonchev–Trinajstić information content (AvgIpc) is 1.51. The van der Waals surface area contributed by atoms with Crippen molar-refractivity contribution in [3.8, 4) is 96.5 Å². The molecule has 0 fully saturated rings. The number of rotatable bonds is 10. The van der Waals surface area contributed by atoms with E-state index in [1.54, 1.807) is 11.3 Å². The molecule has 142 heavy (non-hydrogen) atoms. The van der Waals surface area contributed by atoms with E-state index in [9.17, 15) is 0 Å². The van der Waals surface area contributed by atoms with Crippen LogP contribution in [0.25, 0.3) is 324 Å². The number of fused-ring (bicyclic) bond motifs is 32. The van der Waals surface area contributed by atoms with Crippen LogP contribution in [0.5, 0.6) is 0 Å². The first-order chi connectivity index (χ1) is 70.3. The maximum Gasteiger partial charge on any atom is 0.166 e. The van der Waals surface area contributed by atoms with Gasteiger partial charge < -0.3 is 31.4 Å². The van der Waals surface area contributed by atoms with E-state index in [4.69, 9.17) is 47.6 Å². The Kier molecular flexibility index (Phi) is 15.9. The fraction of sp³-hybridized carbons (Fsp3) is 0. The number of thiophene rings is 1. The Hall–Kier alpha value is -19.0. The van der Waals surface area contributed by atoms with Gasteiger partial charge in [0.1, 0.15) is 44.7 Å². The van der Waals surface area contributed by atoms with E-state index in [-0.39, 0.29) is 0 Å². The van der Waals surface area contributed by atoms with Crippen LogP contribution in [0.4, 0.5) is 0 Å². The smallest absolute Gasteiger partial charge is 0.166 e. The normalized spacial score (nSPS) is 12.4. The fourth-order valence-corrected chi connectivity index (χ4v) is 24.3. The molecule has 0 aliphatic carbocycles. The van der Waals surface area contributed by atoms with Crippen LogP contribution in [0.1, 0.15) is 0 Å². The molecule has 0 N–H and O–H groups in total. The van der Waals surface area contributed by atoms with E-state index < -0.39 is 0 Å². The monoisotopic (exact) mass is 1830 g/mol. The summed E-state index contributed by atoms with van der Waals surface area (Å²) < 4.78 is 37.5. The van der Waals surface area contributed by atoms with Gasteiger partial charge in [-0.1, -0.05) is 279 Å². The highest BCUT2D eigenvalue weighted by Gasteiger charge is 2.31. The zero-order chi connectivity index (χ0) is 92.4. The molecule has 10 aromatic heterocycles. The van der Waals surface area contributed by atoms with Crippen LogP contribution >= 0.6 is 11.3 Å². The summed E-state index contributed by atoms with van der Waals surface area (Å²) in [5.74, 6) is 3.04. The topological polar surface area (TPSA) is 145 Å². The summed E-state index contributed by atoms with van der Waals surface area (Å²) in [5, 5.41) is 28.0. The van der Waals surface area contributed by atoms with Crippen LogP contribution in [0.3, 0.4) is 0 Å². The molecule has 0 unspecified atom stereocenters. The molecule has 32 aromatic rings. The summed E-state index contributed by atoms with van der Waals surface area (Å²) in [7, 11) is 0. The molecule has 0 saturated carbocycles. The van der Waals surface area contributed by atoms with Crippen LogP contribution in [-0.4, -0.2) is 43.6 Å². The number of hydrogen-bond donors (Lipinski definition) is 0. The van der Waals surface area contributed by atoms with Crippen molar-refractivity contribution in [2.24, 2.45) is 0 Å². The number of para-hydroxylation sites is 3. The molecule has 0 bridgehead atoms. The molecule has 656 valence electrons. The van der Waals surface area contributed by atoms with Gasteiger partial charge in [-0.2, -0.15) is 0 Å². The Morgan fingerprint density at radius 1 is 0.183 bits per heavy atom. The highest BCUT2D eigenvalue weighted by molar-refractivity contribution is 7.25. The van der Waals surface area contributed by atoms with E-state index in [1.165, 1.54) is 26.2 Å². The van der Waals surface area contributed by atoms with Gasteiger partial charge in [-0.3, -0.25) is 0 Å². The summed E-state index contributed by atoms with van der Waals surface area (Å²) in [6.45, 7) is 0. The Morgan fingerprint density at radius 2 is 0.620 bits per heavy atom. The lowest BCUT2D eigenvalue weighted by molar-refractivity contribution is 0.668. The standard InChI is InChI=1S/C128H69N9O4S/c1-3-26-76-61-105-96(59-74(76)24-1)90-56-45-72-22-6-9-29-83(72)121(90)137(105)108-69-115-98(91-57-46-73-23-7-10-30-84(73)122(91)141-115)67-101(108)128-133-125(132-126(134-128)95-36-20-41-111-120(95)93-34-13-17-40-110(93)138-111)94-35-19-38-103-119(94)92-33-11-15-37-102(92)135(103)81-51-43-70(44-52-81)78-47-53-86-87-54-48-79(64-113(87)140-112(86)63-78)123-129-124(80-49-55-89-88-32-14-18-42-116(88)142-117(89)65-80)131-127(130-123)100-66-97-85-31-12-16-39-109(85)139-114(97)68-107(100)136-104-58-50-71-21-5-8-28-82(71)118(104)99-60-75-25-2-4-27-77(75)62-106(99)136/h1-69H. The molecule has 0 spiro atoms. The van der Waals surface area contributed by atoms with E-state index in [1.807, 2.05) is 36.4 Å². The van der Waals surface area contributed by atoms with Gasteiger partial charge in [0, 0.05) is 158 Å². The van der Waals surface area contributed by atoms with Crippen molar-refractivity contribution < 1.29 is 17.7 Å². The number of hydrogen-bond acceptors (Lipinski definition) is 11. The third kappa shape index (κ3) is 11.3. The molecule has 22 aromatic carbocycles. The van der Waals surface area contributed by atoms with E-state index in [2.05, 4.69) is 396 Å². The van der Waals surface area contributed by atoms with Gasteiger partial charge in [-0.05, 0) is 182 Å². The van der Waals surface area contributed by atoms with Crippen molar-refractivity contribution in [2.75, 3.05) is 0 Å². The minimum absolute atomic E-state index is 0.486. The predicted octanol–water partition coefficient (Wildman–Crippen LogP) is 34.7. The summed E-state index contributed by atoms with van der Waals surface area (Å²) in [5.41, 5.74) is 21.9. The maximum atomic E-state index is 7.23. The van der Waals surface area contributed by atoms with E-state index in [0.29, 0.717) is 40.5 Å². The average molecular weight is 1830 g/mol. The molecule has 14 heteroatoms. The third-order valence-corrected chi connectivity index (χ3v) is 30.8. The van der Waals surface area contributed by atoms with Gasteiger partial charge in [-0.15, -0.1) is 11.3 Å². The summed E-state index contributed by atoms with van der Waals surface area (Å²) >= 11 is 1.78. The van der Waals surface area contributed by atoms with Gasteiger partial charge in [-0.25, -0.2) is 29.9 Å². The summed E-state index contributed by atoms with van der Waals surface area (Å²) in [4.78, 5) is 34.3. The highest BCUT2D eigenvalue weighted by atomic mass is 32.1. The predicted molar refractivity (Wildman–Crippen MR) is 584 cm³/mol. The first-order valence-corrected chi connectivity index (χ1v) is 48.6. The Bertz CT molecular complexity index is 11200. The van der Waals surface area contributed by atoms with Crippen LogP contribution in [0.2, 0.25) is 0 Å². The van der Waals surface area contributed by atoms with Crippen molar-refractivity contribution >= 4 is 239 Å². The largest absolute Gasteiger partial charge is 0.456 e. The zero-order valence-electron chi connectivity index (χ0n) is 75.4. The molecule has 13 nitrogen and oxygen atoms in total. The number of aromatic nitrogens is 9. The van der Waals surface area contributed by atoms with Gasteiger partial charge in [0.25, 0.3) is 0 Å². The minimum atomic E-state index is 0.486. The van der Waals surface area contributed by atoms with Gasteiger partial charge in [0.2, 0.25) is 0 Å². The van der Waals surface area contributed by atoms with Gasteiger partial charge in [0.05, 0.1) is 44.5 Å². The lowest BCUT2D eigenvalue weighted by Crippen LogP contribution is -2.04. The second-order valence-corrected chi connectivity index (χ2v) is 38.5. The minimum Gasteiger partial charge on any atom is -0.456 e. The second kappa shape index (κ2) is 29.3. The van der Waals surface area contributed by atoms with E-state index >= 15 is 0 Å². The molecule has 0 atom stereocenters. The Balaban J connectivity index is 0.544. The van der Waals surface area contributed by atoms with Crippen LogP contribution in [0, 0.1) is 0 Å². The SMILES string of the molecule is c1ccc2cc3c(cc2c1)c1c2ccccc2ccc1n3-c1cc2oc3ccccc3c2cc1-c1nc(-c2ccc3c(c2)oc2cc(-c4ccc(-n5c6ccccc6c6c(-c7nc(-c8cc9c(cc8-n8c%10cc%11ccccc%11cc%10c%10ccc%11ccccc%11c%108)oc8c%10ccccc%10ccc98)nc(-c8cccc9oc%10ccccc%10c89)n7)cccc65)cc4)ccc23)nc(-c2ccc3c(c2)sc2ccccc23)n1. The van der Waals surface area contributed by atoms with Crippen LogP contribution < -0.4 is 0 Å². The maximum absolute atomic E-state index is 7.23. The lowest BCUT2D eigenvalue weighted by Gasteiger charge is -2.16. The fourth-order valence-electron chi connectivity index (χ4n) is 23.2. The first kappa shape index (κ1) is 77.2. The van der Waals surface area contributed by atoms with Crippen molar-refractivity contribution in [2.45, 2.75) is 0 Å². The zero-order valence-corrected chi connectivity index (χ0v) is 76.2. The molecule has 0 radical (unpaired) electrons. The van der Waals surface area contributed by atoms with Crippen molar-refractivity contribution in [1.29, 1.82) is 0 Å². The Morgan fingerprint density at radius 3 is 1.35 bits per heavy atom. The molecule has 0 aliphatic heterocycles. The van der Waals surface area contributed by atoms with Crippen molar-refractivity contribution in [1.82, 2.24) is 43.6 Å². The molecule has 0 amide bonds. The number of nitrogens with zero attached hydrogens (tertiary/aromatic N) is 9. The molecular formula is C128H69N9O4S. The quantitative estimate of drug-likeness (QED) is 0.130. The van der Waals surface area contributed by atoms with Gasteiger partial charge in [0.15, 0.2) is 34.9 Å². The lowest BCUT2D eigenvalue weighted by atomic mass is 10.0.